The molecule has 1 aromatic carbocycles. The number of hydrogen-bond acceptors (Lipinski definition) is 5. The van der Waals surface area contributed by atoms with E-state index in [0.29, 0.717) is 26.1 Å². The summed E-state index contributed by atoms with van der Waals surface area (Å²) >= 11 is 0. The monoisotopic (exact) mass is 412 g/mol. The third kappa shape index (κ3) is 7.72. The highest BCUT2D eigenvalue weighted by Gasteiger charge is 2.29. The van der Waals surface area contributed by atoms with Crippen molar-refractivity contribution in [2.45, 2.75) is 38.3 Å². The van der Waals surface area contributed by atoms with E-state index in [-0.39, 0.29) is 35.9 Å². The summed E-state index contributed by atoms with van der Waals surface area (Å²) in [6.07, 6.45) is 2.23. The minimum absolute atomic E-state index is 0.0669. The van der Waals surface area contributed by atoms with Crippen LogP contribution in [0.1, 0.15) is 48.1 Å². The Bertz CT molecular complexity index is 718. The van der Waals surface area contributed by atoms with Gasteiger partial charge in [0.2, 0.25) is 13.3 Å². The third-order valence-electron chi connectivity index (χ3n) is 4.67. The molecule has 1 amide bonds. The molecule has 156 valence electrons. The topological polar surface area (TPSA) is 125 Å². The first-order valence-corrected chi connectivity index (χ1v) is 11.5. The average Bonchev–Trinajstić information content (AvgIpc) is 2.64. The van der Waals surface area contributed by atoms with Crippen LogP contribution in [0.25, 0.3) is 0 Å². The fourth-order valence-electron chi connectivity index (χ4n) is 3.18. The number of carboxylic acids is 1. The summed E-state index contributed by atoms with van der Waals surface area (Å²) in [5.74, 6) is -1.04. The van der Waals surface area contributed by atoms with Gasteiger partial charge in [0.05, 0.1) is 30.5 Å². The molecule has 0 bridgehead atoms. The number of carboxylic acid groups (broad SMARTS) is 1. The molecule has 0 spiro atoms. The van der Waals surface area contributed by atoms with Gasteiger partial charge in [-0.1, -0.05) is 18.6 Å². The smallest absolute Gasteiger partial charge is 0.335 e. The summed E-state index contributed by atoms with van der Waals surface area (Å²) in [5.41, 5.74) is 1.05. The predicted octanol–water partition coefficient (Wildman–Crippen LogP) is 1.99. The molecule has 8 nitrogen and oxygen atoms in total. The van der Waals surface area contributed by atoms with E-state index in [4.69, 9.17) is 9.84 Å². The van der Waals surface area contributed by atoms with Crippen molar-refractivity contribution in [1.29, 1.82) is 0 Å². The van der Waals surface area contributed by atoms with Gasteiger partial charge < -0.3 is 25.4 Å². The predicted molar refractivity (Wildman–Crippen MR) is 106 cm³/mol. The Hall–Kier alpha value is -1.73. The molecule has 0 radical (unpaired) electrons. The Kier molecular flexibility index (Phi) is 8.63. The highest BCUT2D eigenvalue weighted by molar-refractivity contribution is 7.58. The minimum Gasteiger partial charge on any atom is -0.478 e. The van der Waals surface area contributed by atoms with Crippen LogP contribution in [0.15, 0.2) is 24.3 Å². The normalized spacial score (nSPS) is 21.6. The van der Waals surface area contributed by atoms with Crippen LogP contribution < -0.4 is 10.6 Å². The average molecular weight is 412 g/mol. The number of hydrogen-bond donors (Lipinski definition) is 4. The number of unbranched alkanes of at least 4 members (excludes halogenated alkanes) is 2. The number of carbonyl (C=O) groups excluding carboxylic acids is 1. The first-order chi connectivity index (χ1) is 13.3. The van der Waals surface area contributed by atoms with Crippen LogP contribution in [0.5, 0.6) is 0 Å². The lowest BCUT2D eigenvalue weighted by Gasteiger charge is -2.31. The number of benzene rings is 1. The number of ether oxygens (including phenoxy) is 1. The Labute approximate surface area is 165 Å². The highest BCUT2D eigenvalue weighted by atomic mass is 31.2. The fourth-order valence-corrected chi connectivity index (χ4v) is 4.95. The second kappa shape index (κ2) is 10.7. The van der Waals surface area contributed by atoms with E-state index in [2.05, 4.69) is 10.6 Å². The largest absolute Gasteiger partial charge is 0.478 e. The van der Waals surface area contributed by atoms with Gasteiger partial charge in [-0.3, -0.25) is 9.36 Å². The van der Waals surface area contributed by atoms with Crippen LogP contribution in [-0.2, 0) is 14.1 Å². The quantitative estimate of drug-likeness (QED) is 0.342. The molecule has 1 heterocycles. The lowest BCUT2D eigenvalue weighted by molar-refractivity contribution is -0.118. The number of rotatable bonds is 10. The molecular formula is C19H29N2O6P. The number of aromatic carboxylic acids is 1. The van der Waals surface area contributed by atoms with Gasteiger partial charge >= 0.3 is 5.97 Å². The van der Waals surface area contributed by atoms with Gasteiger partial charge in [-0.25, -0.2) is 4.79 Å². The maximum atomic E-state index is 12.4. The second-order valence-electron chi connectivity index (χ2n) is 7.14. The van der Waals surface area contributed by atoms with Gasteiger partial charge in [0, 0.05) is 26.2 Å². The van der Waals surface area contributed by atoms with Crippen LogP contribution >= 0.6 is 7.37 Å². The summed E-state index contributed by atoms with van der Waals surface area (Å²) in [6.45, 7) is 2.82. The third-order valence-corrected chi connectivity index (χ3v) is 6.67. The van der Waals surface area contributed by atoms with Crippen molar-refractivity contribution in [1.82, 2.24) is 10.6 Å². The second-order valence-corrected chi connectivity index (χ2v) is 9.65. The first kappa shape index (κ1) is 22.6. The molecule has 1 unspecified atom stereocenters. The molecule has 0 aromatic heterocycles. The highest BCUT2D eigenvalue weighted by Crippen LogP contribution is 2.43. The Balaban J connectivity index is 1.72. The van der Waals surface area contributed by atoms with Crippen molar-refractivity contribution < 1.29 is 28.9 Å². The molecule has 1 aromatic rings. The number of nitrogens with one attached hydrogen (secondary N) is 2. The van der Waals surface area contributed by atoms with Crippen molar-refractivity contribution in [3.63, 3.8) is 0 Å². The number of carbonyl (C=O) groups is 2. The Morgan fingerprint density at radius 1 is 1.32 bits per heavy atom. The van der Waals surface area contributed by atoms with Gasteiger partial charge in [-0.2, -0.15) is 0 Å². The molecule has 1 fully saturated rings. The van der Waals surface area contributed by atoms with Crippen LogP contribution in [-0.4, -0.2) is 60.0 Å². The van der Waals surface area contributed by atoms with Crippen LogP contribution in [0.2, 0.25) is 0 Å². The van der Waals surface area contributed by atoms with E-state index in [1.165, 1.54) is 13.0 Å². The lowest BCUT2D eigenvalue weighted by Crippen LogP contribution is -2.42. The van der Waals surface area contributed by atoms with E-state index >= 15 is 0 Å². The Morgan fingerprint density at radius 2 is 2.11 bits per heavy atom. The molecule has 1 saturated heterocycles. The zero-order valence-electron chi connectivity index (χ0n) is 16.1. The van der Waals surface area contributed by atoms with Crippen molar-refractivity contribution in [2.75, 3.05) is 32.0 Å². The molecule has 1 aliphatic rings. The number of amides is 1. The van der Waals surface area contributed by atoms with Gasteiger partial charge in [-0.05, 0) is 30.5 Å². The van der Waals surface area contributed by atoms with E-state index in [0.717, 1.165) is 18.4 Å². The zero-order chi connectivity index (χ0) is 20.6. The summed E-state index contributed by atoms with van der Waals surface area (Å²) in [7, 11) is -3.27. The summed E-state index contributed by atoms with van der Waals surface area (Å²) in [4.78, 5) is 32.1. The summed E-state index contributed by atoms with van der Waals surface area (Å²) in [5, 5.41) is 15.1. The van der Waals surface area contributed by atoms with Gasteiger partial charge in [0.25, 0.3) is 0 Å². The van der Waals surface area contributed by atoms with Crippen LogP contribution in [0.3, 0.4) is 0 Å². The van der Waals surface area contributed by atoms with Gasteiger partial charge in [-0.15, -0.1) is 0 Å². The molecule has 0 saturated carbocycles. The van der Waals surface area contributed by atoms with Crippen molar-refractivity contribution >= 4 is 19.2 Å². The lowest BCUT2D eigenvalue weighted by atomic mass is 10.0. The molecule has 4 N–H and O–H groups in total. The van der Waals surface area contributed by atoms with Crippen LogP contribution in [0.4, 0.5) is 0 Å². The molecular weight excluding hydrogens is 383 g/mol. The fraction of sp³-hybridized carbons (Fsp3) is 0.579. The van der Waals surface area contributed by atoms with E-state index in [9.17, 15) is 19.0 Å². The zero-order valence-corrected chi connectivity index (χ0v) is 17.0. The van der Waals surface area contributed by atoms with E-state index in [1.807, 2.05) is 6.07 Å². The Morgan fingerprint density at radius 3 is 2.75 bits per heavy atom. The molecule has 0 aliphatic carbocycles. The maximum Gasteiger partial charge on any atom is 0.335 e. The minimum atomic E-state index is -3.27. The maximum absolute atomic E-state index is 12.4. The molecule has 1 aliphatic heterocycles. The SMILES string of the molecule is CC(=O)NCCCCCP(=O)(O)C[C@H]1CN[C@H](c2cccc(C(=O)O)c2)CO1. The molecule has 2 rings (SSSR count). The molecule has 9 heteroatoms. The van der Waals surface area contributed by atoms with Crippen LogP contribution in [0, 0.1) is 0 Å². The van der Waals surface area contributed by atoms with E-state index < -0.39 is 13.3 Å². The van der Waals surface area contributed by atoms with Gasteiger partial charge in [0.1, 0.15) is 0 Å². The van der Waals surface area contributed by atoms with Crippen molar-refractivity contribution in [3.8, 4) is 0 Å². The summed E-state index contributed by atoms with van der Waals surface area (Å²) < 4.78 is 18.2. The summed E-state index contributed by atoms with van der Waals surface area (Å²) in [6, 6.07) is 6.55. The van der Waals surface area contributed by atoms with Gasteiger partial charge in [0.15, 0.2) is 0 Å². The number of morpholine rings is 1. The van der Waals surface area contributed by atoms with Crippen molar-refractivity contribution in [2.24, 2.45) is 0 Å². The standard InChI is InChI=1S/C19H29N2O6P/c1-14(22)20-8-3-2-4-9-28(25,26)13-17-11-21-18(12-27-17)15-6-5-7-16(10-15)19(23)24/h5-7,10,17-18,21H,2-4,8-9,11-13H2,1H3,(H,20,22)(H,23,24)(H,25,26)/t17-,18+/m1/s1. The first-order valence-electron chi connectivity index (χ1n) is 9.50. The molecule has 3 atom stereocenters. The molecule has 28 heavy (non-hydrogen) atoms. The van der Waals surface area contributed by atoms with Crippen molar-refractivity contribution in [3.05, 3.63) is 35.4 Å². The van der Waals surface area contributed by atoms with E-state index in [1.54, 1.807) is 12.1 Å².